The van der Waals surface area contributed by atoms with E-state index in [1.165, 1.54) is 6.92 Å². The van der Waals surface area contributed by atoms with E-state index in [4.69, 9.17) is 4.74 Å². The van der Waals surface area contributed by atoms with Gasteiger partial charge >= 0.3 is 5.97 Å². The van der Waals surface area contributed by atoms with E-state index < -0.39 is 24.5 Å². The van der Waals surface area contributed by atoms with Crippen molar-refractivity contribution in [3.63, 3.8) is 0 Å². The Morgan fingerprint density at radius 3 is 2.03 bits per heavy atom. The molecule has 0 aliphatic carbocycles. The number of benzene rings is 3. The lowest BCUT2D eigenvalue weighted by Crippen LogP contribution is -2.43. The maximum absolute atomic E-state index is 12.6. The van der Waals surface area contributed by atoms with Gasteiger partial charge in [-0.2, -0.15) is 0 Å². The molecule has 1 atom stereocenters. The zero-order chi connectivity index (χ0) is 22.1. The minimum absolute atomic E-state index is 0.156. The molecule has 1 N–H and O–H groups in total. The van der Waals surface area contributed by atoms with E-state index in [2.05, 4.69) is 5.32 Å². The molecule has 0 aromatic heterocycles. The molecule has 0 saturated heterocycles. The number of esters is 1. The molecule has 0 unspecified atom stereocenters. The summed E-state index contributed by atoms with van der Waals surface area (Å²) in [6.07, 6.45) is 0.970. The summed E-state index contributed by atoms with van der Waals surface area (Å²) < 4.78 is 5.24. The van der Waals surface area contributed by atoms with Gasteiger partial charge in [0.15, 0.2) is 12.4 Å². The Morgan fingerprint density at radius 1 is 0.806 bits per heavy atom. The molecule has 0 saturated carbocycles. The topological polar surface area (TPSA) is 72.5 Å². The number of Topliss-reactive ketones (excluding diaryl/α,β-unsaturated/α-hetero) is 1. The van der Waals surface area contributed by atoms with Crippen molar-refractivity contribution in [3.8, 4) is 0 Å². The predicted molar refractivity (Wildman–Crippen MR) is 119 cm³/mol. The zero-order valence-corrected chi connectivity index (χ0v) is 17.4. The highest BCUT2D eigenvalue weighted by atomic mass is 16.5. The lowest BCUT2D eigenvalue weighted by atomic mass is 10.00. The first-order valence-corrected chi connectivity index (χ1v) is 10.2. The van der Waals surface area contributed by atoms with Crippen LogP contribution >= 0.6 is 0 Å². The molecule has 0 aliphatic rings. The second-order valence-corrected chi connectivity index (χ2v) is 7.32. The lowest BCUT2D eigenvalue weighted by molar-refractivity contribution is -0.128. The Morgan fingerprint density at radius 2 is 1.39 bits per heavy atom. The standard InChI is InChI=1S/C26H25NO4/c1-19(28)24(17-21-12-6-3-7-13-21)27-25(29)18-31-26(30)23-15-9-8-14-22(23)16-20-10-4-2-5-11-20/h2-15,24H,16-18H2,1H3,(H,27,29)/t24-/m0/s1. The summed E-state index contributed by atoms with van der Waals surface area (Å²) in [7, 11) is 0. The van der Waals surface area contributed by atoms with Crippen molar-refractivity contribution in [2.75, 3.05) is 6.61 Å². The van der Waals surface area contributed by atoms with Crippen LogP contribution < -0.4 is 5.32 Å². The van der Waals surface area contributed by atoms with E-state index in [-0.39, 0.29) is 5.78 Å². The molecule has 3 aromatic rings. The molecule has 3 rings (SSSR count). The number of hydrogen-bond acceptors (Lipinski definition) is 4. The normalized spacial score (nSPS) is 11.4. The van der Waals surface area contributed by atoms with E-state index >= 15 is 0 Å². The van der Waals surface area contributed by atoms with Crippen LogP contribution in [0.1, 0.15) is 34.0 Å². The zero-order valence-electron chi connectivity index (χ0n) is 17.4. The Labute approximate surface area is 182 Å². The molecule has 0 heterocycles. The fraction of sp³-hybridized carbons (Fsp3) is 0.192. The largest absolute Gasteiger partial charge is 0.452 e. The van der Waals surface area contributed by atoms with E-state index in [1.807, 2.05) is 72.8 Å². The molecule has 5 nitrogen and oxygen atoms in total. The van der Waals surface area contributed by atoms with Gasteiger partial charge in [-0.25, -0.2) is 4.79 Å². The third-order valence-electron chi connectivity index (χ3n) is 4.92. The van der Waals surface area contributed by atoms with E-state index in [0.29, 0.717) is 18.4 Å². The maximum Gasteiger partial charge on any atom is 0.338 e. The molecular weight excluding hydrogens is 390 g/mol. The molecule has 0 bridgehead atoms. The van der Waals surface area contributed by atoms with Gasteiger partial charge in [-0.3, -0.25) is 9.59 Å². The fourth-order valence-electron chi connectivity index (χ4n) is 3.28. The molecule has 3 aromatic carbocycles. The van der Waals surface area contributed by atoms with Gasteiger partial charge in [0.1, 0.15) is 0 Å². The lowest BCUT2D eigenvalue weighted by Gasteiger charge is -2.16. The van der Waals surface area contributed by atoms with Crippen LogP contribution in [0, 0.1) is 0 Å². The Hall–Kier alpha value is -3.73. The van der Waals surface area contributed by atoms with Gasteiger partial charge in [0.05, 0.1) is 11.6 Å². The quantitative estimate of drug-likeness (QED) is 0.540. The Balaban J connectivity index is 1.58. The first-order valence-electron chi connectivity index (χ1n) is 10.2. The third-order valence-corrected chi connectivity index (χ3v) is 4.92. The minimum Gasteiger partial charge on any atom is -0.452 e. The summed E-state index contributed by atoms with van der Waals surface area (Å²) in [6, 6.07) is 25.8. The number of carbonyl (C=O) groups is 3. The van der Waals surface area contributed by atoms with E-state index in [9.17, 15) is 14.4 Å². The Kier molecular flexibility index (Phi) is 7.71. The second-order valence-electron chi connectivity index (χ2n) is 7.32. The predicted octanol–water partition coefficient (Wildman–Crippen LogP) is 3.75. The maximum atomic E-state index is 12.6. The van der Waals surface area contributed by atoms with Crippen LogP contribution in [0.15, 0.2) is 84.9 Å². The first kappa shape index (κ1) is 22.0. The van der Waals surface area contributed by atoms with Crippen molar-refractivity contribution < 1.29 is 19.1 Å². The molecule has 158 valence electrons. The number of rotatable bonds is 9. The highest BCUT2D eigenvalue weighted by Crippen LogP contribution is 2.15. The second kappa shape index (κ2) is 10.9. The van der Waals surface area contributed by atoms with Crippen LogP contribution in [-0.2, 0) is 27.2 Å². The number of ketones is 1. The summed E-state index contributed by atoms with van der Waals surface area (Å²) in [5.74, 6) is -1.23. The summed E-state index contributed by atoms with van der Waals surface area (Å²) in [5.41, 5.74) is 3.26. The van der Waals surface area contributed by atoms with Crippen LogP contribution in [0.25, 0.3) is 0 Å². The number of ether oxygens (including phenoxy) is 1. The van der Waals surface area contributed by atoms with Crippen molar-refractivity contribution in [2.45, 2.75) is 25.8 Å². The van der Waals surface area contributed by atoms with E-state index in [1.54, 1.807) is 12.1 Å². The molecule has 0 spiro atoms. The van der Waals surface area contributed by atoms with Crippen LogP contribution in [-0.4, -0.2) is 30.3 Å². The summed E-state index contributed by atoms with van der Waals surface area (Å²) in [6.45, 7) is 0.983. The molecule has 1 amide bonds. The number of nitrogens with one attached hydrogen (secondary N) is 1. The van der Waals surface area contributed by atoms with Gasteiger partial charge < -0.3 is 10.1 Å². The molecule has 0 aliphatic heterocycles. The molecule has 0 radical (unpaired) electrons. The minimum atomic E-state index is -0.668. The van der Waals surface area contributed by atoms with Crippen molar-refractivity contribution in [3.05, 3.63) is 107 Å². The van der Waals surface area contributed by atoms with Crippen LogP contribution in [0.2, 0.25) is 0 Å². The molecule has 5 heteroatoms. The fourth-order valence-corrected chi connectivity index (χ4v) is 3.28. The van der Waals surface area contributed by atoms with Crippen molar-refractivity contribution in [2.24, 2.45) is 0 Å². The van der Waals surface area contributed by atoms with E-state index in [0.717, 1.165) is 16.7 Å². The van der Waals surface area contributed by atoms with Gasteiger partial charge in [0, 0.05) is 0 Å². The van der Waals surface area contributed by atoms with Gasteiger partial charge in [0.2, 0.25) is 0 Å². The van der Waals surface area contributed by atoms with Crippen LogP contribution in [0.5, 0.6) is 0 Å². The summed E-state index contributed by atoms with van der Waals surface area (Å²) >= 11 is 0. The number of carbonyl (C=O) groups excluding carboxylic acids is 3. The van der Waals surface area contributed by atoms with Gasteiger partial charge in [-0.05, 0) is 42.5 Å². The summed E-state index contributed by atoms with van der Waals surface area (Å²) in [5, 5.41) is 2.66. The average molecular weight is 415 g/mol. The SMILES string of the molecule is CC(=O)[C@H](Cc1ccccc1)NC(=O)COC(=O)c1ccccc1Cc1ccccc1. The average Bonchev–Trinajstić information content (AvgIpc) is 2.79. The van der Waals surface area contributed by atoms with Crippen molar-refractivity contribution >= 4 is 17.7 Å². The highest BCUT2D eigenvalue weighted by Gasteiger charge is 2.19. The van der Waals surface area contributed by atoms with Gasteiger partial charge in [-0.1, -0.05) is 78.9 Å². The van der Waals surface area contributed by atoms with Crippen molar-refractivity contribution in [1.29, 1.82) is 0 Å². The van der Waals surface area contributed by atoms with Crippen LogP contribution in [0.3, 0.4) is 0 Å². The Bertz CT molecular complexity index is 1030. The molecule has 0 fully saturated rings. The van der Waals surface area contributed by atoms with Gasteiger partial charge in [0.25, 0.3) is 5.91 Å². The summed E-state index contributed by atoms with van der Waals surface area (Å²) in [4.78, 5) is 36.9. The van der Waals surface area contributed by atoms with Crippen LogP contribution in [0.4, 0.5) is 0 Å². The van der Waals surface area contributed by atoms with Gasteiger partial charge in [-0.15, -0.1) is 0 Å². The highest BCUT2D eigenvalue weighted by molar-refractivity contribution is 5.93. The molecular formula is C26H25NO4. The monoisotopic (exact) mass is 415 g/mol. The van der Waals surface area contributed by atoms with Crippen molar-refractivity contribution in [1.82, 2.24) is 5.32 Å². The smallest absolute Gasteiger partial charge is 0.338 e. The number of hydrogen-bond donors (Lipinski definition) is 1. The third kappa shape index (κ3) is 6.64. The first-order chi connectivity index (χ1) is 15.0. The number of amides is 1. The molecule has 31 heavy (non-hydrogen) atoms.